The van der Waals surface area contributed by atoms with E-state index in [1.54, 1.807) is 0 Å². The molecule has 162 valence electrons. The number of nitrogens with one attached hydrogen (secondary N) is 1. The van der Waals surface area contributed by atoms with Crippen LogP contribution in [0.25, 0.3) is 22.3 Å². The molecule has 0 unspecified atom stereocenters. The van der Waals surface area contributed by atoms with Crippen molar-refractivity contribution >= 4 is 16.8 Å². The van der Waals surface area contributed by atoms with Crippen LogP contribution >= 0.6 is 0 Å². The fourth-order valence-electron chi connectivity index (χ4n) is 4.24. The van der Waals surface area contributed by atoms with Gasteiger partial charge in [-0.2, -0.15) is 0 Å². The van der Waals surface area contributed by atoms with Gasteiger partial charge in [0.25, 0.3) is 5.91 Å². The Balaban J connectivity index is 1.62. The molecule has 0 atom stereocenters. The van der Waals surface area contributed by atoms with Crippen molar-refractivity contribution in [3.63, 3.8) is 0 Å². The van der Waals surface area contributed by atoms with Crippen LogP contribution in [-0.4, -0.2) is 15.5 Å². The van der Waals surface area contributed by atoms with Gasteiger partial charge in [-0.05, 0) is 48.4 Å². The maximum absolute atomic E-state index is 13.8. The third kappa shape index (κ3) is 4.15. The minimum Gasteiger partial charge on any atom is -0.349 e. The van der Waals surface area contributed by atoms with E-state index in [0.29, 0.717) is 5.56 Å². The van der Waals surface area contributed by atoms with Crippen molar-refractivity contribution in [3.05, 3.63) is 126 Å². The summed E-state index contributed by atoms with van der Waals surface area (Å²) >= 11 is 0. The molecule has 0 radical (unpaired) electrons. The molecule has 0 spiro atoms. The normalized spacial score (nSPS) is 11.1. The Bertz CT molecular complexity index is 1380. The molecule has 3 aromatic carbocycles. The monoisotopic (exact) mass is 431 g/mol. The van der Waals surface area contributed by atoms with Crippen LogP contribution in [0.1, 0.15) is 33.1 Å². The lowest BCUT2D eigenvalue weighted by molar-refractivity contribution is 0.0944. The molecule has 0 aliphatic heterocycles. The van der Waals surface area contributed by atoms with E-state index >= 15 is 0 Å². The van der Waals surface area contributed by atoms with E-state index in [-0.39, 0.29) is 11.9 Å². The number of nitrogens with zero attached hydrogens (tertiary/aromatic N) is 2. The summed E-state index contributed by atoms with van der Waals surface area (Å²) in [6.45, 7) is 2.03. The Kier molecular flexibility index (Phi) is 5.49. The maximum atomic E-state index is 13.8. The van der Waals surface area contributed by atoms with E-state index < -0.39 is 0 Å². The average Bonchev–Trinajstić information content (AvgIpc) is 3.28. The van der Waals surface area contributed by atoms with Gasteiger partial charge in [0.1, 0.15) is 0 Å². The van der Waals surface area contributed by atoms with Crippen molar-refractivity contribution in [3.8, 4) is 11.4 Å². The van der Waals surface area contributed by atoms with E-state index in [2.05, 4.69) is 5.32 Å². The van der Waals surface area contributed by atoms with E-state index in [9.17, 15) is 4.79 Å². The Hall–Kier alpha value is -4.18. The zero-order chi connectivity index (χ0) is 22.8. The van der Waals surface area contributed by atoms with Gasteiger partial charge >= 0.3 is 0 Å². The summed E-state index contributed by atoms with van der Waals surface area (Å²) in [5.41, 5.74) is 6.34. The minimum atomic E-state index is -0.258. The molecule has 2 heterocycles. The Labute approximate surface area is 193 Å². The lowest BCUT2D eigenvalue weighted by atomic mass is 9.97. The molecule has 0 saturated carbocycles. The van der Waals surface area contributed by atoms with Gasteiger partial charge in [-0.15, -0.1) is 0 Å². The highest BCUT2D eigenvalue weighted by atomic mass is 16.1. The van der Waals surface area contributed by atoms with E-state index in [1.807, 2.05) is 122 Å². The number of aromatic nitrogens is 2. The quantitative estimate of drug-likeness (QED) is 0.367. The van der Waals surface area contributed by atoms with Crippen molar-refractivity contribution in [2.75, 3.05) is 0 Å². The SMILES string of the molecule is Cc1ccc2nc(-c3cccn3C)cc(C(=O)NC(c3ccccc3)c3ccccc3)c2c1. The summed E-state index contributed by atoms with van der Waals surface area (Å²) in [6, 6.07) is 31.8. The molecule has 0 aliphatic carbocycles. The largest absolute Gasteiger partial charge is 0.349 e. The smallest absolute Gasteiger partial charge is 0.252 e. The van der Waals surface area contributed by atoms with Crippen LogP contribution in [0.3, 0.4) is 0 Å². The average molecular weight is 432 g/mol. The first kappa shape index (κ1) is 20.7. The zero-order valence-corrected chi connectivity index (χ0v) is 18.7. The van der Waals surface area contributed by atoms with E-state index in [0.717, 1.165) is 39.0 Å². The second-order valence-electron chi connectivity index (χ2n) is 8.31. The van der Waals surface area contributed by atoms with Crippen molar-refractivity contribution in [2.24, 2.45) is 7.05 Å². The van der Waals surface area contributed by atoms with Gasteiger partial charge in [0.2, 0.25) is 0 Å². The number of aryl methyl sites for hydroxylation is 2. The Morgan fingerprint density at radius 1 is 0.848 bits per heavy atom. The summed E-state index contributed by atoms with van der Waals surface area (Å²) < 4.78 is 2.01. The summed E-state index contributed by atoms with van der Waals surface area (Å²) in [7, 11) is 1.98. The highest BCUT2D eigenvalue weighted by Crippen LogP contribution is 2.28. The number of hydrogen-bond acceptors (Lipinski definition) is 2. The van der Waals surface area contributed by atoms with Gasteiger partial charge in [0, 0.05) is 18.6 Å². The van der Waals surface area contributed by atoms with Crippen LogP contribution in [0.4, 0.5) is 0 Å². The van der Waals surface area contributed by atoms with Gasteiger partial charge in [0.05, 0.1) is 28.5 Å². The number of hydrogen-bond donors (Lipinski definition) is 1. The fourth-order valence-corrected chi connectivity index (χ4v) is 4.24. The molecule has 4 nitrogen and oxygen atoms in total. The third-order valence-electron chi connectivity index (χ3n) is 5.96. The standard InChI is InChI=1S/C29H25N3O/c1-20-15-16-25-23(18-20)24(19-26(30-25)27-14-9-17-32(27)2)29(33)31-28(21-10-5-3-6-11-21)22-12-7-4-8-13-22/h3-19,28H,1-2H3,(H,31,33). The number of carbonyl (C=O) groups excluding carboxylic acids is 1. The summed E-state index contributed by atoms with van der Waals surface area (Å²) in [6.07, 6.45) is 1.98. The number of fused-ring (bicyclic) bond motifs is 1. The van der Waals surface area contributed by atoms with Gasteiger partial charge in [-0.3, -0.25) is 4.79 Å². The molecule has 1 amide bonds. The van der Waals surface area contributed by atoms with Crippen molar-refractivity contribution in [1.82, 2.24) is 14.9 Å². The lowest BCUT2D eigenvalue weighted by Gasteiger charge is -2.21. The predicted octanol–water partition coefficient (Wildman–Crippen LogP) is 6.07. The van der Waals surface area contributed by atoms with E-state index in [4.69, 9.17) is 4.98 Å². The van der Waals surface area contributed by atoms with Crippen molar-refractivity contribution in [2.45, 2.75) is 13.0 Å². The summed E-state index contributed by atoms with van der Waals surface area (Å²) in [4.78, 5) is 18.6. The molecule has 1 N–H and O–H groups in total. The number of pyridine rings is 1. The topological polar surface area (TPSA) is 46.9 Å². The molecule has 2 aromatic heterocycles. The lowest BCUT2D eigenvalue weighted by Crippen LogP contribution is -2.29. The minimum absolute atomic E-state index is 0.124. The van der Waals surface area contributed by atoms with Crippen LogP contribution in [0.15, 0.2) is 103 Å². The molecule has 5 aromatic rings. The summed E-state index contributed by atoms with van der Waals surface area (Å²) in [5.74, 6) is -0.124. The van der Waals surface area contributed by atoms with Gasteiger partial charge in [0.15, 0.2) is 0 Å². The fraction of sp³-hybridized carbons (Fsp3) is 0.103. The highest BCUT2D eigenvalue weighted by molar-refractivity contribution is 6.07. The number of benzene rings is 3. The first-order chi connectivity index (χ1) is 16.1. The second-order valence-corrected chi connectivity index (χ2v) is 8.31. The molecular weight excluding hydrogens is 406 g/mol. The first-order valence-corrected chi connectivity index (χ1v) is 11.0. The molecule has 0 bridgehead atoms. The number of amides is 1. The van der Waals surface area contributed by atoms with Gasteiger partial charge < -0.3 is 9.88 Å². The molecule has 4 heteroatoms. The molecule has 33 heavy (non-hydrogen) atoms. The highest BCUT2D eigenvalue weighted by Gasteiger charge is 2.21. The maximum Gasteiger partial charge on any atom is 0.252 e. The predicted molar refractivity (Wildman–Crippen MR) is 133 cm³/mol. The molecule has 0 aliphatic rings. The van der Waals surface area contributed by atoms with Gasteiger partial charge in [-0.1, -0.05) is 72.3 Å². The Morgan fingerprint density at radius 3 is 2.12 bits per heavy atom. The zero-order valence-electron chi connectivity index (χ0n) is 18.7. The van der Waals surface area contributed by atoms with Crippen LogP contribution in [0.5, 0.6) is 0 Å². The third-order valence-corrected chi connectivity index (χ3v) is 5.96. The first-order valence-electron chi connectivity index (χ1n) is 11.0. The number of carbonyl (C=O) groups is 1. The van der Waals surface area contributed by atoms with Crippen molar-refractivity contribution in [1.29, 1.82) is 0 Å². The summed E-state index contributed by atoms with van der Waals surface area (Å²) in [5, 5.41) is 4.14. The van der Waals surface area contributed by atoms with Crippen LogP contribution in [0.2, 0.25) is 0 Å². The molecular formula is C29H25N3O. The second kappa shape index (κ2) is 8.75. The number of rotatable bonds is 5. The van der Waals surface area contributed by atoms with Crippen LogP contribution < -0.4 is 5.32 Å². The molecule has 0 fully saturated rings. The van der Waals surface area contributed by atoms with E-state index in [1.165, 1.54) is 0 Å². The Morgan fingerprint density at radius 2 is 1.52 bits per heavy atom. The van der Waals surface area contributed by atoms with Crippen LogP contribution in [0, 0.1) is 6.92 Å². The van der Waals surface area contributed by atoms with Crippen molar-refractivity contribution < 1.29 is 4.79 Å². The molecule has 0 saturated heterocycles. The van der Waals surface area contributed by atoms with Crippen LogP contribution in [-0.2, 0) is 7.05 Å². The molecule has 5 rings (SSSR count). The van der Waals surface area contributed by atoms with Gasteiger partial charge in [-0.25, -0.2) is 4.98 Å².